The molecule has 1 aliphatic carbocycles. The van der Waals surface area contributed by atoms with Gasteiger partial charge in [0.15, 0.2) is 0 Å². The van der Waals surface area contributed by atoms with E-state index in [9.17, 15) is 0 Å². The van der Waals surface area contributed by atoms with Crippen LogP contribution < -0.4 is 0 Å². The average molecular weight is 212 g/mol. The molecule has 0 aromatic heterocycles. The maximum atomic E-state index is 9.11. The summed E-state index contributed by atoms with van der Waals surface area (Å²) in [4.78, 5) is 0. The zero-order valence-electron chi connectivity index (χ0n) is 9.66. The Hall–Kier alpha value is -1.80. The van der Waals surface area contributed by atoms with E-state index < -0.39 is 5.41 Å². The molecule has 2 nitrogen and oxygen atoms in total. The van der Waals surface area contributed by atoms with Crippen LogP contribution in [0.15, 0.2) is 36.5 Å². The maximum absolute atomic E-state index is 9.11. The number of hydrogen-bond donors (Lipinski definition) is 0. The monoisotopic (exact) mass is 212 g/mol. The van der Waals surface area contributed by atoms with Crippen molar-refractivity contribution in [3.8, 4) is 12.1 Å². The van der Waals surface area contributed by atoms with Crippen LogP contribution in [0.5, 0.6) is 0 Å². The quantitative estimate of drug-likeness (QED) is 0.672. The molecule has 1 saturated carbocycles. The van der Waals surface area contributed by atoms with Crippen molar-refractivity contribution >= 4 is 0 Å². The molecule has 0 aromatic carbocycles. The van der Waals surface area contributed by atoms with E-state index in [0.29, 0.717) is 12.8 Å². The summed E-state index contributed by atoms with van der Waals surface area (Å²) in [6.45, 7) is 9.57. The van der Waals surface area contributed by atoms with Crippen molar-refractivity contribution in [1.82, 2.24) is 0 Å². The van der Waals surface area contributed by atoms with E-state index in [1.165, 1.54) is 0 Å². The topological polar surface area (TPSA) is 47.6 Å². The van der Waals surface area contributed by atoms with Crippen LogP contribution in [0.3, 0.4) is 0 Å². The van der Waals surface area contributed by atoms with E-state index in [4.69, 9.17) is 10.5 Å². The van der Waals surface area contributed by atoms with Gasteiger partial charge in [0.05, 0.1) is 12.1 Å². The Labute approximate surface area is 97.2 Å². The SMILES string of the molecule is C=CC/C=C1/CC(C#N)(C#N)CC1C(=C)C. The number of hydrogen-bond acceptors (Lipinski definition) is 2. The molecule has 82 valence electrons. The van der Waals surface area contributed by atoms with Gasteiger partial charge in [0.2, 0.25) is 0 Å². The van der Waals surface area contributed by atoms with Crippen molar-refractivity contribution in [3.05, 3.63) is 36.5 Å². The molecule has 1 rings (SSSR count). The van der Waals surface area contributed by atoms with E-state index in [1.54, 1.807) is 0 Å². The lowest BCUT2D eigenvalue weighted by Gasteiger charge is -2.11. The third-order valence-electron chi connectivity index (χ3n) is 3.08. The predicted octanol–water partition coefficient (Wildman–Crippen LogP) is 3.51. The summed E-state index contributed by atoms with van der Waals surface area (Å²) >= 11 is 0. The number of nitriles is 2. The highest BCUT2D eigenvalue weighted by molar-refractivity contribution is 5.34. The normalized spacial score (nSPS) is 24.7. The molecule has 0 aromatic rings. The van der Waals surface area contributed by atoms with Crippen LogP contribution in [0.25, 0.3) is 0 Å². The highest BCUT2D eigenvalue weighted by atomic mass is 14.5. The van der Waals surface area contributed by atoms with E-state index in [-0.39, 0.29) is 5.92 Å². The first kappa shape index (κ1) is 12.3. The summed E-state index contributed by atoms with van der Waals surface area (Å²) in [6, 6.07) is 4.30. The van der Waals surface area contributed by atoms with E-state index >= 15 is 0 Å². The minimum Gasteiger partial charge on any atom is -0.197 e. The molecule has 0 saturated heterocycles. The first-order chi connectivity index (χ1) is 7.58. The highest BCUT2D eigenvalue weighted by Gasteiger charge is 2.42. The molecule has 16 heavy (non-hydrogen) atoms. The molecule has 1 fully saturated rings. The highest BCUT2D eigenvalue weighted by Crippen LogP contribution is 2.47. The third kappa shape index (κ3) is 2.23. The Bertz CT molecular complexity index is 401. The molecule has 1 atom stereocenters. The average Bonchev–Trinajstić information content (AvgIpc) is 2.66. The number of allylic oxidation sites excluding steroid dienone is 4. The van der Waals surface area contributed by atoms with Gasteiger partial charge in [-0.15, -0.1) is 6.58 Å². The maximum Gasteiger partial charge on any atom is 0.148 e. The molecule has 0 N–H and O–H groups in total. The Morgan fingerprint density at radius 3 is 2.62 bits per heavy atom. The molecule has 0 amide bonds. The van der Waals surface area contributed by atoms with Crippen molar-refractivity contribution in [2.24, 2.45) is 11.3 Å². The van der Waals surface area contributed by atoms with Crippen molar-refractivity contribution in [2.75, 3.05) is 0 Å². The molecule has 0 bridgehead atoms. The zero-order valence-corrected chi connectivity index (χ0v) is 9.66. The lowest BCUT2D eigenvalue weighted by atomic mass is 9.88. The van der Waals surface area contributed by atoms with Crippen molar-refractivity contribution in [3.63, 3.8) is 0 Å². The summed E-state index contributed by atoms with van der Waals surface area (Å²) in [7, 11) is 0. The van der Waals surface area contributed by atoms with Gasteiger partial charge in [0.1, 0.15) is 5.41 Å². The summed E-state index contributed by atoms with van der Waals surface area (Å²) in [5, 5.41) is 18.2. The predicted molar refractivity (Wildman–Crippen MR) is 64.1 cm³/mol. The first-order valence-corrected chi connectivity index (χ1v) is 5.36. The smallest absolute Gasteiger partial charge is 0.148 e. The standard InChI is InChI=1S/C14H16N2/c1-4-5-6-12-7-14(9-15,10-16)8-13(12)11(2)3/h4,6,13H,1-2,5,7-8H2,3H3/b12-6-. The molecule has 0 radical (unpaired) electrons. The van der Waals surface area contributed by atoms with Gasteiger partial charge in [-0.05, 0) is 19.8 Å². The fraction of sp³-hybridized carbons (Fsp3) is 0.429. The minimum atomic E-state index is -0.851. The van der Waals surface area contributed by atoms with Gasteiger partial charge < -0.3 is 0 Å². The lowest BCUT2D eigenvalue weighted by molar-refractivity contribution is 0.520. The van der Waals surface area contributed by atoms with Crippen LogP contribution in [0.1, 0.15) is 26.2 Å². The second-order valence-electron chi connectivity index (χ2n) is 4.39. The van der Waals surface area contributed by atoms with Gasteiger partial charge in [-0.1, -0.05) is 29.9 Å². The Balaban J connectivity index is 3.03. The van der Waals surface area contributed by atoms with Crippen LogP contribution in [0.4, 0.5) is 0 Å². The fourth-order valence-electron chi connectivity index (χ4n) is 2.16. The molecular formula is C14H16N2. The molecule has 1 aliphatic rings. The zero-order chi connectivity index (χ0) is 12.2. The van der Waals surface area contributed by atoms with E-state index in [0.717, 1.165) is 17.6 Å². The van der Waals surface area contributed by atoms with Crippen LogP contribution in [-0.2, 0) is 0 Å². The van der Waals surface area contributed by atoms with E-state index in [2.05, 4.69) is 31.4 Å². The Kier molecular flexibility index (Phi) is 3.69. The molecule has 0 spiro atoms. The van der Waals surface area contributed by atoms with Gasteiger partial charge in [0, 0.05) is 12.3 Å². The van der Waals surface area contributed by atoms with Crippen LogP contribution in [0, 0.1) is 34.0 Å². The van der Waals surface area contributed by atoms with Gasteiger partial charge in [0.25, 0.3) is 0 Å². The van der Waals surface area contributed by atoms with E-state index in [1.807, 2.05) is 13.0 Å². The first-order valence-electron chi connectivity index (χ1n) is 5.36. The largest absolute Gasteiger partial charge is 0.197 e. The molecule has 0 heterocycles. The van der Waals surface area contributed by atoms with Crippen LogP contribution >= 0.6 is 0 Å². The third-order valence-corrected chi connectivity index (χ3v) is 3.08. The lowest BCUT2D eigenvalue weighted by Crippen LogP contribution is -2.10. The molecule has 1 unspecified atom stereocenters. The second-order valence-corrected chi connectivity index (χ2v) is 4.39. The van der Waals surface area contributed by atoms with Gasteiger partial charge in [-0.25, -0.2) is 0 Å². The van der Waals surface area contributed by atoms with Crippen LogP contribution in [-0.4, -0.2) is 0 Å². The number of nitrogens with zero attached hydrogens (tertiary/aromatic N) is 2. The van der Waals surface area contributed by atoms with Gasteiger partial charge >= 0.3 is 0 Å². The Morgan fingerprint density at radius 2 is 2.19 bits per heavy atom. The summed E-state index contributed by atoms with van der Waals surface area (Å²) in [5.74, 6) is 0.180. The van der Waals surface area contributed by atoms with Crippen LogP contribution in [0.2, 0.25) is 0 Å². The summed E-state index contributed by atoms with van der Waals surface area (Å²) in [5.41, 5.74) is 1.34. The van der Waals surface area contributed by atoms with Crippen molar-refractivity contribution < 1.29 is 0 Å². The second kappa shape index (κ2) is 4.81. The summed E-state index contributed by atoms with van der Waals surface area (Å²) in [6.07, 6.45) is 5.81. The summed E-state index contributed by atoms with van der Waals surface area (Å²) < 4.78 is 0. The fourth-order valence-corrected chi connectivity index (χ4v) is 2.16. The Morgan fingerprint density at radius 1 is 1.56 bits per heavy atom. The molecule has 0 aliphatic heterocycles. The number of rotatable bonds is 3. The van der Waals surface area contributed by atoms with Gasteiger partial charge in [-0.2, -0.15) is 10.5 Å². The molecule has 2 heteroatoms. The minimum absolute atomic E-state index is 0.180. The van der Waals surface area contributed by atoms with Crippen molar-refractivity contribution in [2.45, 2.75) is 26.2 Å². The van der Waals surface area contributed by atoms with Gasteiger partial charge in [-0.3, -0.25) is 0 Å². The van der Waals surface area contributed by atoms with Crippen molar-refractivity contribution in [1.29, 1.82) is 10.5 Å². The molecular weight excluding hydrogens is 196 g/mol.